The van der Waals surface area contributed by atoms with E-state index < -0.39 is 4.92 Å². The van der Waals surface area contributed by atoms with Crippen LogP contribution in [0.3, 0.4) is 0 Å². The fraction of sp³-hybridized carbons (Fsp3) is 0.538. The van der Waals surface area contributed by atoms with Gasteiger partial charge in [-0.25, -0.2) is 0 Å². The van der Waals surface area contributed by atoms with Gasteiger partial charge in [-0.3, -0.25) is 10.1 Å². The predicted molar refractivity (Wildman–Crippen MR) is 76.9 cm³/mol. The molecule has 2 N–H and O–H groups in total. The molecule has 0 aliphatic carbocycles. The highest BCUT2D eigenvalue weighted by atomic mass is 35.5. The molecule has 1 heterocycles. The Labute approximate surface area is 117 Å². The first-order valence-corrected chi connectivity index (χ1v) is 6.85. The fourth-order valence-corrected chi connectivity index (χ4v) is 2.60. The second-order valence-electron chi connectivity index (χ2n) is 4.95. The molecule has 1 atom stereocenters. The van der Waals surface area contributed by atoms with Crippen LogP contribution >= 0.6 is 11.6 Å². The SMILES string of the molecule is Cc1cc([N+](=O)[O-])c(Cl)cc1NCCC1CCNC1. The number of aryl methyl sites for hydroxylation is 1. The molecule has 19 heavy (non-hydrogen) atoms. The summed E-state index contributed by atoms with van der Waals surface area (Å²) in [6.45, 7) is 4.90. The number of rotatable bonds is 5. The number of hydrogen-bond acceptors (Lipinski definition) is 4. The van der Waals surface area contributed by atoms with Crippen molar-refractivity contribution in [1.29, 1.82) is 0 Å². The average molecular weight is 284 g/mol. The van der Waals surface area contributed by atoms with Gasteiger partial charge in [-0.05, 0) is 50.4 Å². The molecular weight excluding hydrogens is 266 g/mol. The minimum Gasteiger partial charge on any atom is -0.385 e. The van der Waals surface area contributed by atoms with E-state index in [-0.39, 0.29) is 10.7 Å². The van der Waals surface area contributed by atoms with Gasteiger partial charge in [-0.1, -0.05) is 11.6 Å². The van der Waals surface area contributed by atoms with E-state index in [4.69, 9.17) is 11.6 Å². The van der Waals surface area contributed by atoms with Gasteiger partial charge < -0.3 is 10.6 Å². The van der Waals surface area contributed by atoms with Crippen LogP contribution in [0.1, 0.15) is 18.4 Å². The second kappa shape index (κ2) is 6.21. The standard InChI is InChI=1S/C13H18ClN3O2/c1-9-6-13(17(18)19)11(14)7-12(9)16-5-3-10-2-4-15-8-10/h6-7,10,15-16H,2-5,8H2,1H3. The zero-order valence-corrected chi connectivity index (χ0v) is 11.7. The van der Waals surface area contributed by atoms with Crippen molar-refractivity contribution in [1.82, 2.24) is 5.32 Å². The van der Waals surface area contributed by atoms with Crippen LogP contribution in [0.15, 0.2) is 12.1 Å². The number of benzene rings is 1. The molecule has 6 heteroatoms. The summed E-state index contributed by atoms with van der Waals surface area (Å²) < 4.78 is 0. The summed E-state index contributed by atoms with van der Waals surface area (Å²) in [6.07, 6.45) is 2.32. The zero-order chi connectivity index (χ0) is 13.8. The highest BCUT2D eigenvalue weighted by molar-refractivity contribution is 6.33. The number of anilines is 1. The smallest absolute Gasteiger partial charge is 0.288 e. The van der Waals surface area contributed by atoms with E-state index in [1.54, 1.807) is 6.07 Å². The van der Waals surface area contributed by atoms with Crippen LogP contribution in [0.25, 0.3) is 0 Å². The van der Waals surface area contributed by atoms with Gasteiger partial charge in [0, 0.05) is 18.3 Å². The number of nitro benzene ring substituents is 1. The number of hydrogen-bond donors (Lipinski definition) is 2. The third-order valence-electron chi connectivity index (χ3n) is 3.52. The van der Waals surface area contributed by atoms with E-state index in [0.717, 1.165) is 43.2 Å². The quantitative estimate of drug-likeness (QED) is 0.644. The first-order chi connectivity index (χ1) is 9.08. The minimum absolute atomic E-state index is 0.0373. The second-order valence-corrected chi connectivity index (χ2v) is 5.36. The largest absolute Gasteiger partial charge is 0.385 e. The van der Waals surface area contributed by atoms with Crippen molar-refractivity contribution in [2.24, 2.45) is 5.92 Å². The van der Waals surface area contributed by atoms with Crippen LogP contribution in [0.2, 0.25) is 5.02 Å². The maximum absolute atomic E-state index is 10.8. The molecule has 0 saturated carbocycles. The lowest BCUT2D eigenvalue weighted by Crippen LogP contribution is -2.13. The van der Waals surface area contributed by atoms with Crippen molar-refractivity contribution in [3.05, 3.63) is 32.8 Å². The van der Waals surface area contributed by atoms with E-state index >= 15 is 0 Å². The third kappa shape index (κ3) is 3.58. The van der Waals surface area contributed by atoms with Crippen molar-refractivity contribution >= 4 is 23.0 Å². The summed E-state index contributed by atoms with van der Waals surface area (Å²) in [5.41, 5.74) is 1.69. The summed E-state index contributed by atoms with van der Waals surface area (Å²) in [4.78, 5) is 10.3. The van der Waals surface area contributed by atoms with Gasteiger partial charge >= 0.3 is 0 Å². The molecule has 2 rings (SSSR count). The van der Waals surface area contributed by atoms with Crippen molar-refractivity contribution < 1.29 is 4.92 Å². The van der Waals surface area contributed by atoms with Crippen molar-refractivity contribution in [2.75, 3.05) is 25.0 Å². The summed E-state index contributed by atoms with van der Waals surface area (Å²) in [5, 5.41) is 17.6. The van der Waals surface area contributed by atoms with E-state index in [1.807, 2.05) is 6.92 Å². The molecule has 5 nitrogen and oxygen atoms in total. The molecule has 0 bridgehead atoms. The molecule has 0 aromatic heterocycles. The number of nitrogens with one attached hydrogen (secondary N) is 2. The first-order valence-electron chi connectivity index (χ1n) is 6.47. The van der Waals surface area contributed by atoms with E-state index in [0.29, 0.717) is 0 Å². The number of nitrogens with zero attached hydrogens (tertiary/aromatic N) is 1. The molecule has 1 aliphatic heterocycles. The molecule has 1 saturated heterocycles. The van der Waals surface area contributed by atoms with Crippen LogP contribution in [0.5, 0.6) is 0 Å². The summed E-state index contributed by atoms with van der Waals surface area (Å²) in [7, 11) is 0. The first kappa shape index (κ1) is 14.1. The fourth-order valence-electron chi connectivity index (χ4n) is 2.37. The molecule has 1 aromatic rings. The van der Waals surface area contributed by atoms with E-state index in [2.05, 4.69) is 10.6 Å². The molecule has 0 radical (unpaired) electrons. The van der Waals surface area contributed by atoms with Gasteiger partial charge in [0.05, 0.1) is 4.92 Å². The topological polar surface area (TPSA) is 67.2 Å². The monoisotopic (exact) mass is 283 g/mol. The number of nitro groups is 1. The van der Waals surface area contributed by atoms with Crippen molar-refractivity contribution in [2.45, 2.75) is 19.8 Å². The highest BCUT2D eigenvalue weighted by Crippen LogP contribution is 2.30. The van der Waals surface area contributed by atoms with E-state index in [1.165, 1.54) is 12.5 Å². The van der Waals surface area contributed by atoms with Crippen LogP contribution in [0.4, 0.5) is 11.4 Å². The summed E-state index contributed by atoms with van der Waals surface area (Å²) >= 11 is 5.91. The Bertz CT molecular complexity index is 473. The van der Waals surface area contributed by atoms with Gasteiger partial charge in [0.15, 0.2) is 0 Å². The predicted octanol–water partition coefficient (Wildman–Crippen LogP) is 2.97. The van der Waals surface area contributed by atoms with Gasteiger partial charge in [0.2, 0.25) is 0 Å². The van der Waals surface area contributed by atoms with Crippen LogP contribution in [-0.2, 0) is 0 Å². The third-order valence-corrected chi connectivity index (χ3v) is 3.82. The molecule has 1 aromatic carbocycles. The lowest BCUT2D eigenvalue weighted by molar-refractivity contribution is -0.384. The van der Waals surface area contributed by atoms with E-state index in [9.17, 15) is 10.1 Å². The molecule has 0 amide bonds. The molecule has 0 spiro atoms. The number of halogens is 1. The highest BCUT2D eigenvalue weighted by Gasteiger charge is 2.16. The zero-order valence-electron chi connectivity index (χ0n) is 10.9. The minimum atomic E-state index is -0.455. The Balaban J connectivity index is 1.96. The summed E-state index contributed by atoms with van der Waals surface area (Å²) in [5.74, 6) is 0.723. The Morgan fingerprint density at radius 1 is 1.58 bits per heavy atom. The Hall–Kier alpha value is -1.33. The van der Waals surface area contributed by atoms with Gasteiger partial charge in [-0.2, -0.15) is 0 Å². The van der Waals surface area contributed by atoms with Crippen molar-refractivity contribution in [3.63, 3.8) is 0 Å². The average Bonchev–Trinajstić information content (AvgIpc) is 2.85. The van der Waals surface area contributed by atoms with Gasteiger partial charge in [0.25, 0.3) is 5.69 Å². The Morgan fingerprint density at radius 2 is 2.37 bits per heavy atom. The van der Waals surface area contributed by atoms with Crippen molar-refractivity contribution in [3.8, 4) is 0 Å². The maximum atomic E-state index is 10.8. The normalized spacial score (nSPS) is 18.5. The molecule has 104 valence electrons. The lowest BCUT2D eigenvalue weighted by Gasteiger charge is -2.12. The van der Waals surface area contributed by atoms with Crippen LogP contribution in [-0.4, -0.2) is 24.6 Å². The van der Waals surface area contributed by atoms with Gasteiger partial charge in [0.1, 0.15) is 5.02 Å². The Morgan fingerprint density at radius 3 is 3.00 bits per heavy atom. The molecule has 1 unspecified atom stereocenters. The summed E-state index contributed by atoms with van der Waals surface area (Å²) in [6, 6.07) is 3.16. The molecule has 1 aliphatic rings. The maximum Gasteiger partial charge on any atom is 0.288 e. The Kier molecular flexibility index (Phi) is 4.61. The molecule has 1 fully saturated rings. The van der Waals surface area contributed by atoms with Crippen LogP contribution in [0, 0.1) is 23.0 Å². The van der Waals surface area contributed by atoms with Gasteiger partial charge in [-0.15, -0.1) is 0 Å². The molecular formula is C13H18ClN3O2. The van der Waals surface area contributed by atoms with Crippen LogP contribution < -0.4 is 10.6 Å². The lowest BCUT2D eigenvalue weighted by atomic mass is 10.1.